The lowest BCUT2D eigenvalue weighted by molar-refractivity contribution is 0.410. The third-order valence-electron chi connectivity index (χ3n) is 3.28. The normalized spacial score (nSPS) is 13.8. The minimum atomic E-state index is -0.508. The van der Waals surface area contributed by atoms with Crippen LogP contribution in [-0.4, -0.2) is 7.11 Å². The van der Waals surface area contributed by atoms with Gasteiger partial charge < -0.3 is 10.5 Å². The van der Waals surface area contributed by atoms with Crippen LogP contribution in [0.1, 0.15) is 18.1 Å². The Balaban J connectivity index is 2.27. The average Bonchev–Trinajstić information content (AvgIpc) is 2.43. The minimum absolute atomic E-state index is 0.508. The summed E-state index contributed by atoms with van der Waals surface area (Å²) < 4.78 is 5.24. The predicted octanol–water partition coefficient (Wildman–Crippen LogP) is 4.42. The van der Waals surface area contributed by atoms with Gasteiger partial charge in [0.2, 0.25) is 0 Å². The smallest absolute Gasteiger partial charge is 0.119 e. The van der Waals surface area contributed by atoms with Crippen molar-refractivity contribution < 1.29 is 4.74 Å². The molecule has 0 spiro atoms. The number of rotatable bonds is 4. The topological polar surface area (TPSA) is 35.2 Å². The Bertz CT molecular complexity index is 611. The molecular formula is C16H17Cl2NO. The summed E-state index contributed by atoms with van der Waals surface area (Å²) in [7, 11) is 1.64. The lowest BCUT2D eigenvalue weighted by Crippen LogP contribution is -2.35. The molecule has 0 radical (unpaired) electrons. The number of halogens is 2. The highest BCUT2D eigenvalue weighted by molar-refractivity contribution is 6.42. The van der Waals surface area contributed by atoms with Crippen LogP contribution in [0.25, 0.3) is 0 Å². The summed E-state index contributed by atoms with van der Waals surface area (Å²) in [6.07, 6.45) is 0.664. The molecule has 0 saturated heterocycles. The molecule has 0 aromatic heterocycles. The molecule has 106 valence electrons. The summed E-state index contributed by atoms with van der Waals surface area (Å²) in [5.74, 6) is 0.799. The fourth-order valence-electron chi connectivity index (χ4n) is 2.15. The first-order valence-corrected chi connectivity index (χ1v) is 7.05. The second-order valence-electron chi connectivity index (χ2n) is 5.07. The van der Waals surface area contributed by atoms with E-state index >= 15 is 0 Å². The highest BCUT2D eigenvalue weighted by Gasteiger charge is 2.22. The minimum Gasteiger partial charge on any atom is -0.497 e. The van der Waals surface area contributed by atoms with Crippen LogP contribution in [-0.2, 0) is 12.0 Å². The summed E-state index contributed by atoms with van der Waals surface area (Å²) >= 11 is 12.0. The van der Waals surface area contributed by atoms with Crippen molar-refractivity contribution >= 4 is 23.2 Å². The van der Waals surface area contributed by atoms with Crippen LogP contribution in [0.4, 0.5) is 0 Å². The Morgan fingerprint density at radius 1 is 1.10 bits per heavy atom. The van der Waals surface area contributed by atoms with Crippen LogP contribution in [0.2, 0.25) is 10.0 Å². The van der Waals surface area contributed by atoms with Crippen LogP contribution in [0.15, 0.2) is 42.5 Å². The monoisotopic (exact) mass is 309 g/mol. The summed E-state index contributed by atoms with van der Waals surface area (Å²) in [6.45, 7) is 1.99. The molecule has 2 nitrogen and oxygen atoms in total. The molecule has 0 aliphatic heterocycles. The number of benzene rings is 2. The van der Waals surface area contributed by atoms with E-state index in [1.165, 1.54) is 0 Å². The van der Waals surface area contributed by atoms with E-state index in [0.29, 0.717) is 16.5 Å². The lowest BCUT2D eigenvalue weighted by Gasteiger charge is -2.26. The van der Waals surface area contributed by atoms with Gasteiger partial charge in [0, 0.05) is 5.54 Å². The maximum Gasteiger partial charge on any atom is 0.119 e. The molecule has 2 N–H and O–H groups in total. The van der Waals surface area contributed by atoms with Crippen molar-refractivity contribution in [3.05, 3.63) is 63.6 Å². The van der Waals surface area contributed by atoms with Gasteiger partial charge in [-0.1, -0.05) is 41.4 Å². The largest absolute Gasteiger partial charge is 0.497 e. The van der Waals surface area contributed by atoms with Crippen molar-refractivity contribution in [1.82, 2.24) is 0 Å². The van der Waals surface area contributed by atoms with Crippen LogP contribution >= 0.6 is 23.2 Å². The fraction of sp³-hybridized carbons (Fsp3) is 0.250. The van der Waals surface area contributed by atoms with Crippen molar-refractivity contribution in [3.63, 3.8) is 0 Å². The van der Waals surface area contributed by atoms with Crippen molar-refractivity contribution in [1.29, 1.82) is 0 Å². The third kappa shape index (κ3) is 3.45. The molecule has 20 heavy (non-hydrogen) atoms. The predicted molar refractivity (Wildman–Crippen MR) is 84.7 cm³/mol. The highest BCUT2D eigenvalue weighted by Crippen LogP contribution is 2.29. The SMILES string of the molecule is COc1cccc(C(C)(N)Cc2ccc(Cl)c(Cl)c2)c1. The molecule has 0 amide bonds. The zero-order valence-electron chi connectivity index (χ0n) is 11.5. The molecule has 2 aromatic carbocycles. The van der Waals surface area contributed by atoms with Crippen LogP contribution in [0, 0.1) is 0 Å². The van der Waals surface area contributed by atoms with Crippen LogP contribution in [0.5, 0.6) is 5.75 Å². The summed E-state index contributed by atoms with van der Waals surface area (Å²) in [5.41, 5.74) is 8.01. The maximum atomic E-state index is 6.45. The number of nitrogens with two attached hydrogens (primary N) is 1. The second kappa shape index (κ2) is 6.04. The Hall–Kier alpha value is -1.22. The molecule has 1 atom stereocenters. The molecule has 2 aromatic rings. The molecule has 1 unspecified atom stereocenters. The van der Waals surface area contributed by atoms with Crippen molar-refractivity contribution in [2.24, 2.45) is 5.73 Å². The van der Waals surface area contributed by atoms with E-state index in [0.717, 1.165) is 16.9 Å². The molecule has 4 heteroatoms. The van der Waals surface area contributed by atoms with Gasteiger partial charge in [0.05, 0.1) is 17.2 Å². The standard InChI is InChI=1S/C16H17Cl2NO/c1-16(19,12-4-3-5-13(9-12)20-2)10-11-6-7-14(17)15(18)8-11/h3-9H,10,19H2,1-2H3. The van der Waals surface area contributed by atoms with Gasteiger partial charge in [-0.15, -0.1) is 0 Å². The van der Waals surface area contributed by atoms with Gasteiger partial charge in [-0.3, -0.25) is 0 Å². The average molecular weight is 310 g/mol. The van der Waals surface area contributed by atoms with E-state index in [-0.39, 0.29) is 0 Å². The summed E-state index contributed by atoms with van der Waals surface area (Å²) in [5, 5.41) is 1.10. The number of hydrogen-bond donors (Lipinski definition) is 1. The molecule has 0 heterocycles. The molecule has 0 aliphatic rings. The number of methoxy groups -OCH3 is 1. The highest BCUT2D eigenvalue weighted by atomic mass is 35.5. The second-order valence-corrected chi connectivity index (χ2v) is 5.89. The van der Waals surface area contributed by atoms with Gasteiger partial charge in [0.25, 0.3) is 0 Å². The van der Waals surface area contributed by atoms with Gasteiger partial charge in [0.1, 0.15) is 5.75 Å². The van der Waals surface area contributed by atoms with E-state index in [9.17, 15) is 0 Å². The van der Waals surface area contributed by atoms with E-state index in [1.54, 1.807) is 13.2 Å². The van der Waals surface area contributed by atoms with Crippen molar-refractivity contribution in [2.75, 3.05) is 7.11 Å². The Kier molecular flexibility index (Phi) is 4.59. The zero-order valence-corrected chi connectivity index (χ0v) is 13.0. The fourth-order valence-corrected chi connectivity index (χ4v) is 2.47. The van der Waals surface area contributed by atoms with E-state index in [4.69, 9.17) is 33.7 Å². The van der Waals surface area contributed by atoms with Crippen molar-refractivity contribution in [3.8, 4) is 5.75 Å². The van der Waals surface area contributed by atoms with Crippen molar-refractivity contribution in [2.45, 2.75) is 18.9 Å². The first kappa shape index (κ1) is 15.2. The number of hydrogen-bond acceptors (Lipinski definition) is 2. The summed E-state index contributed by atoms with van der Waals surface area (Å²) in [4.78, 5) is 0. The Morgan fingerprint density at radius 2 is 1.85 bits per heavy atom. The van der Waals surface area contributed by atoms with Crippen LogP contribution in [0.3, 0.4) is 0 Å². The Labute approximate surface area is 129 Å². The molecular weight excluding hydrogens is 293 g/mol. The Morgan fingerprint density at radius 3 is 2.50 bits per heavy atom. The quantitative estimate of drug-likeness (QED) is 0.907. The van der Waals surface area contributed by atoms with Crippen LogP contribution < -0.4 is 10.5 Å². The van der Waals surface area contributed by atoms with Gasteiger partial charge >= 0.3 is 0 Å². The molecule has 0 aliphatic carbocycles. The molecule has 0 saturated carbocycles. The van der Waals surface area contributed by atoms with Gasteiger partial charge in [-0.2, -0.15) is 0 Å². The van der Waals surface area contributed by atoms with Gasteiger partial charge in [-0.05, 0) is 48.7 Å². The number of ether oxygens (including phenoxy) is 1. The van der Waals surface area contributed by atoms with Gasteiger partial charge in [-0.25, -0.2) is 0 Å². The maximum absolute atomic E-state index is 6.45. The molecule has 0 fully saturated rings. The molecule has 2 rings (SSSR count). The van der Waals surface area contributed by atoms with E-state index in [1.807, 2.05) is 43.3 Å². The zero-order chi connectivity index (χ0) is 14.8. The summed E-state index contributed by atoms with van der Waals surface area (Å²) in [6, 6.07) is 13.4. The molecule has 0 bridgehead atoms. The van der Waals surface area contributed by atoms with E-state index in [2.05, 4.69) is 0 Å². The first-order chi connectivity index (χ1) is 9.42. The van der Waals surface area contributed by atoms with E-state index < -0.39 is 5.54 Å². The lowest BCUT2D eigenvalue weighted by atomic mass is 9.86. The first-order valence-electron chi connectivity index (χ1n) is 6.30. The third-order valence-corrected chi connectivity index (χ3v) is 4.02. The van der Waals surface area contributed by atoms with Gasteiger partial charge in [0.15, 0.2) is 0 Å².